The maximum Gasteiger partial charge on any atom is 0.133 e. The van der Waals surface area contributed by atoms with Gasteiger partial charge in [0.05, 0.1) is 6.33 Å². The van der Waals surface area contributed by atoms with Gasteiger partial charge < -0.3 is 15.2 Å². The van der Waals surface area contributed by atoms with Gasteiger partial charge in [-0.1, -0.05) is 6.92 Å². The molecular weight excluding hydrogens is 264 g/mol. The Labute approximate surface area is 126 Å². The van der Waals surface area contributed by atoms with E-state index in [2.05, 4.69) is 50.9 Å². The third-order valence-corrected chi connectivity index (χ3v) is 3.04. The van der Waals surface area contributed by atoms with E-state index < -0.39 is 0 Å². The molecule has 6 heteroatoms. The Morgan fingerprint density at radius 2 is 2.05 bits per heavy atom. The van der Waals surface area contributed by atoms with E-state index in [0.29, 0.717) is 0 Å². The fraction of sp³-hybridized carbons (Fsp3) is 0.533. The molecule has 2 aromatic rings. The van der Waals surface area contributed by atoms with Crippen molar-refractivity contribution in [1.82, 2.24) is 19.5 Å². The van der Waals surface area contributed by atoms with Gasteiger partial charge in [-0.05, 0) is 20.3 Å². The summed E-state index contributed by atoms with van der Waals surface area (Å²) < 4.78 is 2.05. The molecule has 21 heavy (non-hydrogen) atoms. The van der Waals surface area contributed by atoms with Crippen LogP contribution in [0.3, 0.4) is 0 Å². The first-order valence-corrected chi connectivity index (χ1v) is 7.55. The van der Waals surface area contributed by atoms with Gasteiger partial charge in [-0.3, -0.25) is 0 Å². The number of aromatic nitrogens is 4. The highest BCUT2D eigenvalue weighted by molar-refractivity contribution is 5.48. The third-order valence-electron chi connectivity index (χ3n) is 3.04. The maximum absolute atomic E-state index is 4.59. The lowest BCUT2D eigenvalue weighted by atomic mass is 10.3. The second kappa shape index (κ2) is 7.61. The molecule has 0 aliphatic heterocycles. The molecule has 0 fully saturated rings. The number of nitrogens with zero attached hydrogens (tertiary/aromatic N) is 4. The van der Waals surface area contributed by atoms with Crippen LogP contribution >= 0.6 is 0 Å². The summed E-state index contributed by atoms with van der Waals surface area (Å²) in [5.74, 6) is 2.64. The van der Waals surface area contributed by atoms with Crippen LogP contribution in [0.15, 0.2) is 24.8 Å². The summed E-state index contributed by atoms with van der Waals surface area (Å²) in [7, 11) is 0. The molecule has 0 aromatic carbocycles. The summed E-state index contributed by atoms with van der Waals surface area (Å²) in [4.78, 5) is 13.2. The van der Waals surface area contributed by atoms with Gasteiger partial charge in [0, 0.05) is 44.0 Å². The van der Waals surface area contributed by atoms with Crippen LogP contribution in [0.25, 0.3) is 0 Å². The Morgan fingerprint density at radius 3 is 2.71 bits per heavy atom. The van der Waals surface area contributed by atoms with Crippen LogP contribution in [-0.2, 0) is 13.0 Å². The summed E-state index contributed by atoms with van der Waals surface area (Å²) in [6, 6.07) is 2.23. The van der Waals surface area contributed by atoms with E-state index in [1.807, 2.05) is 18.6 Å². The van der Waals surface area contributed by atoms with Crippen molar-refractivity contribution in [3.05, 3.63) is 30.6 Å². The van der Waals surface area contributed by atoms with E-state index in [0.717, 1.165) is 43.4 Å². The van der Waals surface area contributed by atoms with Gasteiger partial charge in [-0.15, -0.1) is 0 Å². The lowest BCUT2D eigenvalue weighted by Crippen LogP contribution is -2.22. The molecule has 2 rings (SSSR count). The molecule has 1 atom stereocenters. The minimum Gasteiger partial charge on any atom is -0.370 e. The number of aryl methyl sites for hydroxylation is 1. The number of hydrogen-bond donors (Lipinski definition) is 2. The quantitative estimate of drug-likeness (QED) is 0.781. The average molecular weight is 288 g/mol. The minimum atomic E-state index is 0.262. The predicted octanol–water partition coefficient (Wildman–Crippen LogP) is 2.56. The first kappa shape index (κ1) is 15.3. The molecule has 2 N–H and O–H groups in total. The zero-order valence-electron chi connectivity index (χ0n) is 13.0. The molecule has 2 heterocycles. The van der Waals surface area contributed by atoms with Crippen LogP contribution in [0.2, 0.25) is 0 Å². The van der Waals surface area contributed by atoms with Crippen molar-refractivity contribution in [3.8, 4) is 0 Å². The summed E-state index contributed by atoms with van der Waals surface area (Å²) >= 11 is 0. The largest absolute Gasteiger partial charge is 0.370 e. The van der Waals surface area contributed by atoms with Gasteiger partial charge in [0.2, 0.25) is 0 Å². The second-order valence-electron chi connectivity index (χ2n) is 5.14. The molecule has 0 saturated carbocycles. The fourth-order valence-electron chi connectivity index (χ4n) is 2.19. The van der Waals surface area contributed by atoms with Gasteiger partial charge in [-0.25, -0.2) is 15.0 Å². The molecule has 6 nitrogen and oxygen atoms in total. The molecule has 2 aromatic heterocycles. The van der Waals surface area contributed by atoms with Crippen molar-refractivity contribution >= 4 is 11.6 Å². The Hall–Kier alpha value is -2.11. The normalized spacial score (nSPS) is 12.1. The van der Waals surface area contributed by atoms with E-state index in [-0.39, 0.29) is 6.04 Å². The number of imidazole rings is 1. The van der Waals surface area contributed by atoms with Gasteiger partial charge in [0.15, 0.2) is 0 Å². The summed E-state index contributed by atoms with van der Waals surface area (Å²) in [6.07, 6.45) is 7.51. The van der Waals surface area contributed by atoms with E-state index in [1.54, 1.807) is 6.20 Å². The van der Waals surface area contributed by atoms with E-state index in [4.69, 9.17) is 0 Å². The van der Waals surface area contributed by atoms with Gasteiger partial charge in [0.1, 0.15) is 17.5 Å². The van der Waals surface area contributed by atoms with Gasteiger partial charge in [-0.2, -0.15) is 0 Å². The number of nitrogens with one attached hydrogen (secondary N) is 2. The van der Waals surface area contributed by atoms with E-state index >= 15 is 0 Å². The number of anilines is 2. The highest BCUT2D eigenvalue weighted by Crippen LogP contribution is 2.14. The molecule has 0 aliphatic carbocycles. The van der Waals surface area contributed by atoms with Crippen LogP contribution in [0.5, 0.6) is 0 Å². The van der Waals surface area contributed by atoms with Crippen molar-refractivity contribution in [2.45, 2.75) is 46.2 Å². The zero-order valence-corrected chi connectivity index (χ0v) is 13.0. The average Bonchev–Trinajstić information content (AvgIpc) is 2.91. The Morgan fingerprint density at radius 1 is 1.24 bits per heavy atom. The SMILES string of the molecule is CCCc1nc(NCC)cc(NC(C)Cn2ccnc2)n1. The van der Waals surface area contributed by atoms with E-state index in [9.17, 15) is 0 Å². The Bertz CT molecular complexity index is 513. The van der Waals surface area contributed by atoms with Crippen LogP contribution in [0.1, 0.15) is 33.0 Å². The molecule has 0 bridgehead atoms. The van der Waals surface area contributed by atoms with Crippen molar-refractivity contribution < 1.29 is 0 Å². The van der Waals surface area contributed by atoms with Crippen LogP contribution in [-0.4, -0.2) is 32.1 Å². The first-order chi connectivity index (χ1) is 10.2. The summed E-state index contributed by atoms with van der Waals surface area (Å²) in [5, 5.41) is 6.70. The van der Waals surface area contributed by atoms with Crippen LogP contribution < -0.4 is 10.6 Å². The van der Waals surface area contributed by atoms with Crippen molar-refractivity contribution in [1.29, 1.82) is 0 Å². The van der Waals surface area contributed by atoms with Gasteiger partial charge in [0.25, 0.3) is 0 Å². The molecule has 114 valence electrons. The standard InChI is InChI=1S/C15H24N6/c1-4-6-13-19-14(17-5-2)9-15(20-13)18-12(3)10-21-8-7-16-11-21/h7-9,11-12H,4-6,10H2,1-3H3,(H2,17,18,19,20). The molecule has 0 saturated heterocycles. The predicted molar refractivity (Wildman–Crippen MR) is 85.5 cm³/mol. The summed E-state index contributed by atoms with van der Waals surface area (Å²) in [5.41, 5.74) is 0. The topological polar surface area (TPSA) is 67.7 Å². The fourth-order valence-corrected chi connectivity index (χ4v) is 2.19. The van der Waals surface area contributed by atoms with Crippen molar-refractivity contribution in [2.24, 2.45) is 0 Å². The lowest BCUT2D eigenvalue weighted by molar-refractivity contribution is 0.616. The molecule has 1 unspecified atom stereocenters. The highest BCUT2D eigenvalue weighted by atomic mass is 15.1. The highest BCUT2D eigenvalue weighted by Gasteiger charge is 2.07. The smallest absolute Gasteiger partial charge is 0.133 e. The molecule has 0 aliphatic rings. The zero-order chi connectivity index (χ0) is 15.1. The molecular formula is C15H24N6. The summed E-state index contributed by atoms with van der Waals surface area (Å²) in [6.45, 7) is 8.04. The lowest BCUT2D eigenvalue weighted by Gasteiger charge is -2.16. The van der Waals surface area contributed by atoms with Gasteiger partial charge >= 0.3 is 0 Å². The molecule has 0 spiro atoms. The third kappa shape index (κ3) is 4.73. The number of hydrogen-bond acceptors (Lipinski definition) is 5. The molecule has 0 amide bonds. The van der Waals surface area contributed by atoms with Crippen LogP contribution in [0, 0.1) is 0 Å². The molecule has 0 radical (unpaired) electrons. The monoisotopic (exact) mass is 288 g/mol. The van der Waals surface area contributed by atoms with Crippen molar-refractivity contribution in [2.75, 3.05) is 17.2 Å². The maximum atomic E-state index is 4.59. The van der Waals surface area contributed by atoms with Crippen molar-refractivity contribution in [3.63, 3.8) is 0 Å². The minimum absolute atomic E-state index is 0.262. The second-order valence-corrected chi connectivity index (χ2v) is 5.14. The first-order valence-electron chi connectivity index (χ1n) is 7.55. The Kier molecular flexibility index (Phi) is 5.54. The van der Waals surface area contributed by atoms with Crippen LogP contribution in [0.4, 0.5) is 11.6 Å². The number of rotatable bonds is 8. The van der Waals surface area contributed by atoms with E-state index in [1.165, 1.54) is 0 Å². The Balaban J connectivity index is 2.06.